The Morgan fingerprint density at radius 1 is 0.941 bits per heavy atom. The minimum Gasteiger partial charge on any atom is -0.324 e. The first-order valence-electron chi connectivity index (χ1n) is 10.1. The van der Waals surface area contributed by atoms with E-state index in [1.54, 1.807) is 49.4 Å². The monoisotopic (exact) mass is 521 g/mol. The number of anilines is 3. The number of halogens is 1. The van der Waals surface area contributed by atoms with Crippen molar-refractivity contribution in [3.8, 4) is 0 Å². The molecule has 0 aliphatic carbocycles. The normalized spacial score (nSPS) is 12.6. The molecule has 11 heteroatoms. The summed E-state index contributed by atoms with van der Waals surface area (Å²) in [6.07, 6.45) is 1.03. The lowest BCUT2D eigenvalue weighted by molar-refractivity contribution is -0.116. The Bertz CT molecular complexity index is 1390. The minimum atomic E-state index is -3.89. The zero-order valence-corrected chi connectivity index (χ0v) is 21.1. The van der Waals surface area contributed by atoms with E-state index in [2.05, 4.69) is 10.0 Å². The average Bonchev–Trinajstić information content (AvgIpc) is 2.76. The molecule has 0 aliphatic rings. The molecule has 0 unspecified atom stereocenters. The molecular formula is C23H24ClN3O5S2. The first kappa shape index (κ1) is 25.5. The minimum absolute atomic E-state index is 0.0139. The Hall–Kier alpha value is -3.08. The highest BCUT2D eigenvalue weighted by molar-refractivity contribution is 7.92. The van der Waals surface area contributed by atoms with E-state index in [-0.39, 0.29) is 4.90 Å². The van der Waals surface area contributed by atoms with Crippen molar-refractivity contribution in [2.24, 2.45) is 0 Å². The molecule has 1 amide bonds. The van der Waals surface area contributed by atoms with Crippen LogP contribution in [-0.2, 0) is 24.8 Å². The fraction of sp³-hybridized carbons (Fsp3) is 0.174. The van der Waals surface area contributed by atoms with Gasteiger partial charge in [0.2, 0.25) is 15.9 Å². The third kappa shape index (κ3) is 6.07. The molecule has 8 nitrogen and oxygen atoms in total. The number of rotatable bonds is 8. The lowest BCUT2D eigenvalue weighted by atomic mass is 10.2. The first-order valence-corrected chi connectivity index (χ1v) is 13.8. The summed E-state index contributed by atoms with van der Waals surface area (Å²) >= 11 is 5.96. The van der Waals surface area contributed by atoms with Gasteiger partial charge in [0.15, 0.2) is 0 Å². The van der Waals surface area contributed by atoms with Gasteiger partial charge in [0.25, 0.3) is 10.0 Å². The Morgan fingerprint density at radius 3 is 2.15 bits per heavy atom. The van der Waals surface area contributed by atoms with Crippen molar-refractivity contribution >= 4 is 54.6 Å². The number of carbonyl (C=O) groups is 1. The summed E-state index contributed by atoms with van der Waals surface area (Å²) in [5.41, 5.74) is 1.74. The maximum atomic E-state index is 12.8. The van der Waals surface area contributed by atoms with Crippen LogP contribution < -0.4 is 14.3 Å². The molecule has 34 heavy (non-hydrogen) atoms. The molecule has 0 aliphatic heterocycles. The van der Waals surface area contributed by atoms with Gasteiger partial charge in [-0.3, -0.25) is 13.8 Å². The number of amides is 1. The molecule has 1 atom stereocenters. The van der Waals surface area contributed by atoms with Crippen LogP contribution in [0, 0.1) is 6.92 Å². The fourth-order valence-corrected chi connectivity index (χ4v) is 5.72. The molecule has 0 aromatic heterocycles. The van der Waals surface area contributed by atoms with E-state index in [9.17, 15) is 21.6 Å². The zero-order chi connectivity index (χ0) is 25.1. The second kappa shape index (κ2) is 10.0. The van der Waals surface area contributed by atoms with E-state index < -0.39 is 32.0 Å². The summed E-state index contributed by atoms with van der Waals surface area (Å²) in [7, 11) is -7.63. The van der Waals surface area contributed by atoms with E-state index >= 15 is 0 Å². The van der Waals surface area contributed by atoms with Gasteiger partial charge in [0, 0.05) is 10.7 Å². The summed E-state index contributed by atoms with van der Waals surface area (Å²) in [4.78, 5) is 12.8. The summed E-state index contributed by atoms with van der Waals surface area (Å²) in [5.74, 6) is -0.572. The number of nitrogens with one attached hydrogen (secondary N) is 2. The molecule has 0 heterocycles. The van der Waals surface area contributed by atoms with Crippen LogP contribution in [0.2, 0.25) is 5.02 Å². The van der Waals surface area contributed by atoms with Crippen molar-refractivity contribution in [1.29, 1.82) is 0 Å². The van der Waals surface area contributed by atoms with Gasteiger partial charge in [0.05, 0.1) is 22.5 Å². The van der Waals surface area contributed by atoms with Crippen LogP contribution in [0.5, 0.6) is 0 Å². The Morgan fingerprint density at radius 2 is 1.56 bits per heavy atom. The van der Waals surface area contributed by atoms with Gasteiger partial charge < -0.3 is 5.32 Å². The molecule has 3 aromatic rings. The molecule has 2 N–H and O–H groups in total. The quantitative estimate of drug-likeness (QED) is 0.460. The van der Waals surface area contributed by atoms with Gasteiger partial charge in [0.1, 0.15) is 6.04 Å². The van der Waals surface area contributed by atoms with Crippen LogP contribution in [0.1, 0.15) is 12.5 Å². The lowest BCUT2D eigenvalue weighted by Crippen LogP contribution is -2.45. The highest BCUT2D eigenvalue weighted by Gasteiger charge is 2.29. The van der Waals surface area contributed by atoms with Gasteiger partial charge in [-0.05, 0) is 67.9 Å². The molecular weight excluding hydrogens is 498 g/mol. The molecule has 180 valence electrons. The summed E-state index contributed by atoms with van der Waals surface area (Å²) in [6.45, 7) is 3.22. The van der Waals surface area contributed by atoms with Crippen LogP contribution in [0.15, 0.2) is 77.7 Å². The van der Waals surface area contributed by atoms with Crippen LogP contribution in [0.4, 0.5) is 17.1 Å². The number of nitrogens with zero attached hydrogens (tertiary/aromatic N) is 1. The SMILES string of the molecule is Cc1ccc(Cl)cc1NS(=O)(=O)c1ccc(NC(=O)[C@H](C)N(c2ccccc2)S(C)(=O)=O)cc1. The van der Waals surface area contributed by atoms with Crippen molar-refractivity contribution < 1.29 is 21.6 Å². The van der Waals surface area contributed by atoms with Crippen LogP contribution >= 0.6 is 11.6 Å². The summed E-state index contributed by atoms with van der Waals surface area (Å²) in [5, 5.41) is 3.03. The number of hydrogen-bond donors (Lipinski definition) is 2. The van der Waals surface area contributed by atoms with Crippen molar-refractivity contribution in [3.05, 3.63) is 83.4 Å². The molecule has 0 saturated carbocycles. The fourth-order valence-electron chi connectivity index (χ4n) is 3.26. The Labute approximate surface area is 204 Å². The van der Waals surface area contributed by atoms with Gasteiger partial charge in [-0.1, -0.05) is 35.9 Å². The Kier molecular flexibility index (Phi) is 7.54. The van der Waals surface area contributed by atoms with Crippen molar-refractivity contribution in [2.45, 2.75) is 24.8 Å². The number of hydrogen-bond acceptors (Lipinski definition) is 5. The zero-order valence-electron chi connectivity index (χ0n) is 18.7. The number of aryl methyl sites for hydroxylation is 1. The second-order valence-corrected chi connectivity index (χ2v) is 11.6. The van der Waals surface area contributed by atoms with Gasteiger partial charge in [-0.2, -0.15) is 0 Å². The molecule has 0 fully saturated rings. The number of para-hydroxylation sites is 1. The molecule has 0 bridgehead atoms. The Balaban J connectivity index is 1.77. The third-order valence-corrected chi connectivity index (χ3v) is 7.83. The largest absolute Gasteiger partial charge is 0.324 e. The lowest BCUT2D eigenvalue weighted by Gasteiger charge is -2.28. The first-order chi connectivity index (χ1) is 15.9. The van der Waals surface area contributed by atoms with Gasteiger partial charge >= 0.3 is 0 Å². The van der Waals surface area contributed by atoms with E-state index in [1.165, 1.54) is 37.3 Å². The standard InChI is InChI=1S/C23H24ClN3O5S2/c1-16-9-10-18(24)15-22(16)26-34(31,32)21-13-11-19(12-14-21)25-23(28)17(2)27(33(3,29)30)20-7-5-4-6-8-20/h4-15,17,26H,1-3H3,(H,25,28)/t17-/m0/s1. The van der Waals surface area contributed by atoms with E-state index in [4.69, 9.17) is 11.6 Å². The number of carbonyl (C=O) groups excluding carboxylic acids is 1. The number of sulfonamides is 2. The highest BCUT2D eigenvalue weighted by atomic mass is 35.5. The van der Waals surface area contributed by atoms with Crippen molar-refractivity contribution in [1.82, 2.24) is 0 Å². The van der Waals surface area contributed by atoms with E-state index in [1.807, 2.05) is 0 Å². The molecule has 0 spiro atoms. The molecule has 0 radical (unpaired) electrons. The number of benzene rings is 3. The molecule has 3 rings (SSSR count). The maximum absolute atomic E-state index is 12.8. The summed E-state index contributed by atoms with van der Waals surface area (Å²) < 4.78 is 53.7. The van der Waals surface area contributed by atoms with Crippen molar-refractivity contribution in [3.63, 3.8) is 0 Å². The highest BCUT2D eigenvalue weighted by Crippen LogP contribution is 2.25. The van der Waals surface area contributed by atoms with Crippen molar-refractivity contribution in [2.75, 3.05) is 20.6 Å². The van der Waals surface area contributed by atoms with Crippen LogP contribution in [-0.4, -0.2) is 35.0 Å². The van der Waals surface area contributed by atoms with Gasteiger partial charge in [-0.25, -0.2) is 16.8 Å². The maximum Gasteiger partial charge on any atom is 0.261 e. The van der Waals surface area contributed by atoms with Crippen LogP contribution in [0.3, 0.4) is 0 Å². The molecule has 0 saturated heterocycles. The van der Waals surface area contributed by atoms with Gasteiger partial charge in [-0.15, -0.1) is 0 Å². The van der Waals surface area contributed by atoms with Crippen LogP contribution in [0.25, 0.3) is 0 Å². The predicted octanol–water partition coefficient (Wildman–Crippen LogP) is 4.24. The molecule has 3 aromatic carbocycles. The van der Waals surface area contributed by atoms with E-state index in [0.29, 0.717) is 27.6 Å². The topological polar surface area (TPSA) is 113 Å². The third-order valence-electron chi connectivity index (χ3n) is 4.98. The predicted molar refractivity (Wildman–Crippen MR) is 135 cm³/mol. The van der Waals surface area contributed by atoms with E-state index in [0.717, 1.165) is 10.6 Å². The summed E-state index contributed by atoms with van der Waals surface area (Å²) in [6, 6.07) is 17.7. The second-order valence-electron chi connectivity index (χ2n) is 7.65. The average molecular weight is 522 g/mol. The smallest absolute Gasteiger partial charge is 0.261 e.